The fourth-order valence-electron chi connectivity index (χ4n) is 2.48. The van der Waals surface area contributed by atoms with Crippen LogP contribution in [0.25, 0.3) is 0 Å². The first-order chi connectivity index (χ1) is 9.54. The van der Waals surface area contributed by atoms with Crippen LogP contribution in [0.5, 0.6) is 5.75 Å². The molecule has 0 bridgehead atoms. The van der Waals surface area contributed by atoms with Crippen LogP contribution in [-0.4, -0.2) is 5.11 Å². The van der Waals surface area contributed by atoms with E-state index in [2.05, 4.69) is 0 Å². The maximum atomic E-state index is 13.5. The van der Waals surface area contributed by atoms with Crippen LogP contribution in [0.2, 0.25) is 5.02 Å². The second-order valence-electron chi connectivity index (χ2n) is 5.07. The fraction of sp³-hybridized carbons (Fsp3) is 0.250. The van der Waals surface area contributed by atoms with E-state index in [0.29, 0.717) is 17.7 Å². The number of aliphatic hydroxyl groups excluding tert-OH is 1. The summed E-state index contributed by atoms with van der Waals surface area (Å²) in [5.74, 6) is 0.173. The van der Waals surface area contributed by atoms with Crippen molar-refractivity contribution in [2.45, 2.75) is 25.6 Å². The average Bonchev–Trinajstić information content (AvgIpc) is 2.42. The summed E-state index contributed by atoms with van der Waals surface area (Å²) < 4.78 is 19.4. The third-order valence-corrected chi connectivity index (χ3v) is 3.85. The number of halogens is 2. The van der Waals surface area contributed by atoms with E-state index in [-0.39, 0.29) is 11.1 Å². The number of hydrogen-bond acceptors (Lipinski definition) is 2. The molecule has 0 radical (unpaired) electrons. The van der Waals surface area contributed by atoms with Crippen molar-refractivity contribution in [1.82, 2.24) is 0 Å². The summed E-state index contributed by atoms with van der Waals surface area (Å²) in [5.41, 5.74) is 2.54. The van der Waals surface area contributed by atoms with Crippen molar-refractivity contribution in [3.63, 3.8) is 0 Å². The molecule has 0 saturated carbocycles. The molecule has 2 aromatic rings. The zero-order chi connectivity index (χ0) is 14.3. The first-order valence-electron chi connectivity index (χ1n) is 6.45. The molecular formula is C16H14ClFO2. The van der Waals surface area contributed by atoms with Gasteiger partial charge < -0.3 is 9.84 Å². The van der Waals surface area contributed by atoms with Gasteiger partial charge in [-0.25, -0.2) is 4.39 Å². The summed E-state index contributed by atoms with van der Waals surface area (Å²) in [7, 11) is 0. The van der Waals surface area contributed by atoms with E-state index in [4.69, 9.17) is 16.3 Å². The van der Waals surface area contributed by atoms with Gasteiger partial charge in [0.05, 0.1) is 11.1 Å². The van der Waals surface area contributed by atoms with E-state index >= 15 is 0 Å². The molecule has 2 atom stereocenters. The van der Waals surface area contributed by atoms with Gasteiger partial charge in [0.2, 0.25) is 0 Å². The third kappa shape index (κ3) is 2.39. The minimum absolute atomic E-state index is 0.0844. The number of rotatable bonds is 1. The first kappa shape index (κ1) is 13.4. The Kier molecular flexibility index (Phi) is 3.40. The second-order valence-corrected chi connectivity index (χ2v) is 5.48. The molecule has 0 aromatic heterocycles. The third-order valence-electron chi connectivity index (χ3n) is 3.55. The summed E-state index contributed by atoms with van der Waals surface area (Å²) in [6.07, 6.45) is -0.577. The summed E-state index contributed by atoms with van der Waals surface area (Å²) in [6, 6.07) is 10.3. The van der Waals surface area contributed by atoms with Gasteiger partial charge in [-0.2, -0.15) is 0 Å². The van der Waals surface area contributed by atoms with Crippen LogP contribution in [0.4, 0.5) is 4.39 Å². The van der Waals surface area contributed by atoms with Gasteiger partial charge in [0.25, 0.3) is 0 Å². The highest BCUT2D eigenvalue weighted by atomic mass is 35.5. The quantitative estimate of drug-likeness (QED) is 0.847. The van der Waals surface area contributed by atoms with Crippen LogP contribution in [-0.2, 0) is 0 Å². The average molecular weight is 293 g/mol. The second kappa shape index (κ2) is 5.08. The van der Waals surface area contributed by atoms with Gasteiger partial charge in [0.1, 0.15) is 17.7 Å². The highest BCUT2D eigenvalue weighted by Crippen LogP contribution is 2.41. The van der Waals surface area contributed by atoms with E-state index in [1.807, 2.05) is 25.1 Å². The summed E-state index contributed by atoms with van der Waals surface area (Å²) in [6.45, 7) is 1.97. The Bertz CT molecular complexity index is 657. The molecule has 20 heavy (non-hydrogen) atoms. The minimum atomic E-state index is -0.609. The number of fused-ring (bicyclic) bond motifs is 1. The normalized spacial score (nSPS) is 21.2. The van der Waals surface area contributed by atoms with Gasteiger partial charge in [-0.05, 0) is 36.8 Å². The maximum Gasteiger partial charge on any atom is 0.142 e. The molecule has 1 aliphatic rings. The summed E-state index contributed by atoms with van der Waals surface area (Å²) >= 11 is 5.68. The lowest BCUT2D eigenvalue weighted by Crippen LogP contribution is -2.19. The highest BCUT2D eigenvalue weighted by molar-refractivity contribution is 6.30. The van der Waals surface area contributed by atoms with Gasteiger partial charge in [-0.3, -0.25) is 0 Å². The van der Waals surface area contributed by atoms with Gasteiger partial charge in [-0.15, -0.1) is 0 Å². The van der Waals surface area contributed by atoms with Gasteiger partial charge >= 0.3 is 0 Å². The van der Waals surface area contributed by atoms with Crippen molar-refractivity contribution in [2.75, 3.05) is 0 Å². The molecule has 0 fully saturated rings. The lowest BCUT2D eigenvalue weighted by atomic mass is 9.94. The predicted molar refractivity (Wildman–Crippen MR) is 75.5 cm³/mol. The Morgan fingerprint density at radius 3 is 2.80 bits per heavy atom. The fourth-order valence-corrected chi connectivity index (χ4v) is 2.60. The molecule has 4 heteroatoms. The smallest absolute Gasteiger partial charge is 0.142 e. The number of ether oxygens (including phenoxy) is 1. The Balaban J connectivity index is 1.94. The zero-order valence-electron chi connectivity index (χ0n) is 10.9. The van der Waals surface area contributed by atoms with E-state index < -0.39 is 11.9 Å². The minimum Gasteiger partial charge on any atom is -0.485 e. The van der Waals surface area contributed by atoms with E-state index in [0.717, 1.165) is 11.1 Å². The lowest BCUT2D eigenvalue weighted by Gasteiger charge is -2.30. The molecule has 1 N–H and O–H groups in total. The highest BCUT2D eigenvalue weighted by Gasteiger charge is 2.28. The van der Waals surface area contributed by atoms with Crippen molar-refractivity contribution in [3.8, 4) is 5.75 Å². The SMILES string of the molecule is Cc1ccc2c(c1)[C@H](O)CC(c1ccc(Cl)c(F)c1)O2. The number of hydrogen-bond donors (Lipinski definition) is 1. The molecule has 2 nitrogen and oxygen atoms in total. The maximum absolute atomic E-state index is 13.5. The molecule has 1 heterocycles. The standard InChI is InChI=1S/C16H14ClFO2/c1-9-2-5-15-11(6-9)14(19)8-16(20-15)10-3-4-12(17)13(18)7-10/h2-7,14,16,19H,8H2,1H3/t14-,16?/m1/s1. The van der Waals surface area contributed by atoms with E-state index in [9.17, 15) is 9.50 Å². The molecule has 1 aliphatic heterocycles. The number of aryl methyl sites for hydroxylation is 1. The number of benzene rings is 2. The van der Waals surface area contributed by atoms with Crippen LogP contribution < -0.4 is 4.74 Å². The van der Waals surface area contributed by atoms with Crippen LogP contribution in [0.3, 0.4) is 0 Å². The van der Waals surface area contributed by atoms with E-state index in [1.165, 1.54) is 12.1 Å². The van der Waals surface area contributed by atoms with Gasteiger partial charge in [-0.1, -0.05) is 29.3 Å². The van der Waals surface area contributed by atoms with Crippen LogP contribution >= 0.6 is 11.6 Å². The zero-order valence-corrected chi connectivity index (χ0v) is 11.7. The van der Waals surface area contributed by atoms with Crippen molar-refractivity contribution in [3.05, 3.63) is 63.9 Å². The van der Waals surface area contributed by atoms with Crippen molar-refractivity contribution >= 4 is 11.6 Å². The largest absolute Gasteiger partial charge is 0.485 e. The van der Waals surface area contributed by atoms with Crippen LogP contribution in [0, 0.1) is 12.7 Å². The summed E-state index contributed by atoms with van der Waals surface area (Å²) in [4.78, 5) is 0. The molecule has 0 amide bonds. The Morgan fingerprint density at radius 2 is 2.05 bits per heavy atom. The predicted octanol–water partition coefficient (Wildman–Crippen LogP) is 4.34. The first-order valence-corrected chi connectivity index (χ1v) is 6.82. The van der Waals surface area contributed by atoms with Crippen LogP contribution in [0.1, 0.15) is 35.3 Å². The van der Waals surface area contributed by atoms with E-state index in [1.54, 1.807) is 6.07 Å². The molecule has 0 aliphatic carbocycles. The summed E-state index contributed by atoms with van der Waals surface area (Å²) in [5, 5.41) is 10.3. The van der Waals surface area contributed by atoms with Gasteiger partial charge in [0, 0.05) is 12.0 Å². The number of aliphatic hydroxyl groups is 1. The lowest BCUT2D eigenvalue weighted by molar-refractivity contribution is 0.0655. The molecular weight excluding hydrogens is 279 g/mol. The van der Waals surface area contributed by atoms with Crippen LogP contribution in [0.15, 0.2) is 36.4 Å². The Morgan fingerprint density at radius 1 is 1.25 bits per heavy atom. The van der Waals surface area contributed by atoms with Crippen molar-refractivity contribution in [1.29, 1.82) is 0 Å². The van der Waals surface area contributed by atoms with Crippen molar-refractivity contribution < 1.29 is 14.2 Å². The monoisotopic (exact) mass is 292 g/mol. The molecule has 0 saturated heterocycles. The molecule has 1 unspecified atom stereocenters. The Labute approximate surface area is 121 Å². The molecule has 3 rings (SSSR count). The van der Waals surface area contributed by atoms with Gasteiger partial charge in [0.15, 0.2) is 0 Å². The molecule has 104 valence electrons. The molecule has 0 spiro atoms. The topological polar surface area (TPSA) is 29.5 Å². The molecule has 2 aromatic carbocycles. The Hall–Kier alpha value is -1.58. The van der Waals surface area contributed by atoms with Crippen molar-refractivity contribution in [2.24, 2.45) is 0 Å².